The van der Waals surface area contributed by atoms with Crippen LogP contribution in [-0.4, -0.2) is 15.6 Å². The molecule has 0 spiro atoms. The van der Waals surface area contributed by atoms with Gasteiger partial charge in [0.15, 0.2) is 0 Å². The van der Waals surface area contributed by atoms with Crippen molar-refractivity contribution in [2.24, 2.45) is 17.3 Å². The summed E-state index contributed by atoms with van der Waals surface area (Å²) in [5, 5.41) is 10.7. The van der Waals surface area contributed by atoms with Crippen molar-refractivity contribution >= 4 is 11.6 Å². The summed E-state index contributed by atoms with van der Waals surface area (Å²) in [4.78, 5) is 0.0310. The summed E-state index contributed by atoms with van der Waals surface area (Å²) in [7, 11) is 0. The number of alkyl halides is 1. The van der Waals surface area contributed by atoms with E-state index in [1.165, 1.54) is 32.1 Å². The SMILES string of the molecule is CCC(C)(O)C12CC3CC(CC(Cl)(C3)C1)C2. The molecule has 16 heavy (non-hydrogen) atoms. The Hall–Kier alpha value is 0.250. The molecule has 0 aromatic heterocycles. The maximum atomic E-state index is 10.7. The van der Waals surface area contributed by atoms with Crippen molar-refractivity contribution in [3.05, 3.63) is 0 Å². The Bertz CT molecular complexity index is 296. The first-order valence-corrected chi connectivity index (χ1v) is 7.17. The third-order valence-electron chi connectivity index (χ3n) is 5.82. The van der Waals surface area contributed by atoms with Gasteiger partial charge in [0, 0.05) is 10.3 Å². The number of hydrogen-bond donors (Lipinski definition) is 1. The Labute approximate surface area is 104 Å². The van der Waals surface area contributed by atoms with E-state index in [4.69, 9.17) is 11.6 Å². The quantitative estimate of drug-likeness (QED) is 0.732. The second-order valence-corrected chi connectivity index (χ2v) is 7.82. The minimum Gasteiger partial charge on any atom is -0.390 e. The van der Waals surface area contributed by atoms with Crippen LogP contribution in [0.15, 0.2) is 0 Å². The lowest BCUT2D eigenvalue weighted by Crippen LogP contribution is -2.61. The van der Waals surface area contributed by atoms with E-state index >= 15 is 0 Å². The van der Waals surface area contributed by atoms with Crippen molar-refractivity contribution in [3.63, 3.8) is 0 Å². The molecule has 4 fully saturated rings. The van der Waals surface area contributed by atoms with Gasteiger partial charge in [-0.25, -0.2) is 0 Å². The molecule has 1 N–H and O–H groups in total. The summed E-state index contributed by atoms with van der Waals surface area (Å²) in [6.07, 6.45) is 8.13. The summed E-state index contributed by atoms with van der Waals surface area (Å²) < 4.78 is 0. The summed E-state index contributed by atoms with van der Waals surface area (Å²) in [5.41, 5.74) is -0.377. The zero-order valence-electron chi connectivity index (χ0n) is 10.4. The normalized spacial score (nSPS) is 54.0. The van der Waals surface area contributed by atoms with Gasteiger partial charge in [-0.15, -0.1) is 11.6 Å². The van der Waals surface area contributed by atoms with E-state index in [2.05, 4.69) is 6.92 Å². The van der Waals surface area contributed by atoms with Crippen molar-refractivity contribution in [2.45, 2.75) is 69.3 Å². The van der Waals surface area contributed by atoms with E-state index in [1.807, 2.05) is 6.92 Å². The van der Waals surface area contributed by atoms with Crippen LogP contribution in [0.5, 0.6) is 0 Å². The van der Waals surface area contributed by atoms with Gasteiger partial charge in [-0.05, 0) is 63.7 Å². The van der Waals surface area contributed by atoms with Gasteiger partial charge in [0.05, 0.1) is 5.60 Å². The molecule has 0 aromatic rings. The molecule has 3 atom stereocenters. The third kappa shape index (κ3) is 1.40. The molecule has 4 aliphatic rings. The van der Waals surface area contributed by atoms with E-state index in [1.54, 1.807) is 0 Å². The molecule has 4 aliphatic carbocycles. The smallest absolute Gasteiger partial charge is 0.0673 e. The molecule has 3 unspecified atom stereocenters. The molecule has 0 heterocycles. The molecule has 92 valence electrons. The first-order valence-electron chi connectivity index (χ1n) is 6.79. The van der Waals surface area contributed by atoms with Gasteiger partial charge >= 0.3 is 0 Å². The van der Waals surface area contributed by atoms with Crippen LogP contribution in [0.2, 0.25) is 0 Å². The van der Waals surface area contributed by atoms with Crippen LogP contribution in [0.3, 0.4) is 0 Å². The molecule has 4 bridgehead atoms. The summed E-state index contributed by atoms with van der Waals surface area (Å²) in [6, 6.07) is 0. The van der Waals surface area contributed by atoms with E-state index in [-0.39, 0.29) is 10.3 Å². The van der Waals surface area contributed by atoms with Crippen LogP contribution in [-0.2, 0) is 0 Å². The average Bonchev–Trinajstić information content (AvgIpc) is 2.13. The van der Waals surface area contributed by atoms with Gasteiger partial charge in [-0.3, -0.25) is 0 Å². The Balaban J connectivity index is 1.98. The molecule has 4 saturated carbocycles. The highest BCUT2D eigenvalue weighted by molar-refractivity contribution is 6.24. The number of halogens is 1. The molecule has 1 nitrogen and oxygen atoms in total. The second kappa shape index (κ2) is 3.17. The van der Waals surface area contributed by atoms with E-state index in [9.17, 15) is 5.11 Å². The topological polar surface area (TPSA) is 20.2 Å². The Morgan fingerprint density at radius 3 is 2.25 bits per heavy atom. The van der Waals surface area contributed by atoms with Gasteiger partial charge in [0.1, 0.15) is 0 Å². The van der Waals surface area contributed by atoms with Crippen molar-refractivity contribution in [1.29, 1.82) is 0 Å². The highest BCUT2D eigenvalue weighted by atomic mass is 35.5. The van der Waals surface area contributed by atoms with Crippen LogP contribution >= 0.6 is 11.6 Å². The largest absolute Gasteiger partial charge is 0.390 e. The zero-order valence-corrected chi connectivity index (χ0v) is 11.2. The monoisotopic (exact) mass is 242 g/mol. The predicted octanol–water partition coefficient (Wildman–Crippen LogP) is 3.73. The summed E-state index contributed by atoms with van der Waals surface area (Å²) >= 11 is 6.77. The number of rotatable bonds is 2. The minimum atomic E-state index is -0.509. The maximum Gasteiger partial charge on any atom is 0.0673 e. The molecule has 0 saturated heterocycles. The van der Waals surface area contributed by atoms with Crippen molar-refractivity contribution in [2.75, 3.05) is 0 Å². The van der Waals surface area contributed by atoms with Crippen molar-refractivity contribution in [1.82, 2.24) is 0 Å². The highest BCUT2D eigenvalue weighted by Crippen LogP contribution is 2.67. The van der Waals surface area contributed by atoms with Gasteiger partial charge in [-0.2, -0.15) is 0 Å². The lowest BCUT2D eigenvalue weighted by Gasteiger charge is -2.64. The minimum absolute atomic E-state index is 0.0310. The second-order valence-electron chi connectivity index (χ2n) is 7.02. The van der Waals surface area contributed by atoms with Crippen LogP contribution in [0.1, 0.15) is 58.8 Å². The Kier molecular flexibility index (Phi) is 2.25. The van der Waals surface area contributed by atoms with Crippen molar-refractivity contribution < 1.29 is 5.11 Å². The van der Waals surface area contributed by atoms with Crippen LogP contribution in [0.4, 0.5) is 0 Å². The number of aliphatic hydroxyl groups is 1. The van der Waals surface area contributed by atoms with Gasteiger partial charge in [-0.1, -0.05) is 6.92 Å². The average molecular weight is 243 g/mol. The first-order chi connectivity index (χ1) is 7.38. The molecule has 0 aliphatic heterocycles. The molecule has 0 amide bonds. The Morgan fingerprint density at radius 1 is 1.25 bits per heavy atom. The fourth-order valence-electron chi connectivity index (χ4n) is 5.16. The maximum absolute atomic E-state index is 10.7. The molecule has 4 rings (SSSR count). The fourth-order valence-corrected chi connectivity index (χ4v) is 5.85. The lowest BCUT2D eigenvalue weighted by atomic mass is 9.45. The predicted molar refractivity (Wildman–Crippen MR) is 66.6 cm³/mol. The van der Waals surface area contributed by atoms with Crippen molar-refractivity contribution in [3.8, 4) is 0 Å². The molecule has 0 radical (unpaired) electrons. The Morgan fingerprint density at radius 2 is 1.81 bits per heavy atom. The molecular weight excluding hydrogens is 220 g/mol. The third-order valence-corrected chi connectivity index (χ3v) is 6.26. The van der Waals surface area contributed by atoms with E-state index in [0.717, 1.165) is 24.7 Å². The van der Waals surface area contributed by atoms with Gasteiger partial charge in [0.25, 0.3) is 0 Å². The molecular formula is C14H23ClO. The van der Waals surface area contributed by atoms with Crippen LogP contribution in [0, 0.1) is 17.3 Å². The zero-order chi connectivity index (χ0) is 11.6. The number of hydrogen-bond acceptors (Lipinski definition) is 1. The summed E-state index contributed by atoms with van der Waals surface area (Å²) in [5.74, 6) is 1.58. The fraction of sp³-hybridized carbons (Fsp3) is 1.00. The van der Waals surface area contributed by atoms with Gasteiger partial charge in [0.2, 0.25) is 0 Å². The standard InChI is InChI=1S/C14H23ClO/c1-3-12(2,16)13-5-10-4-11(6-13)8-14(15,7-10)9-13/h10-11,16H,3-9H2,1-2H3. The van der Waals surface area contributed by atoms with Gasteiger partial charge < -0.3 is 5.11 Å². The van der Waals surface area contributed by atoms with Crippen LogP contribution in [0.25, 0.3) is 0 Å². The summed E-state index contributed by atoms with van der Waals surface area (Å²) in [6.45, 7) is 4.15. The highest BCUT2D eigenvalue weighted by Gasteiger charge is 2.62. The molecule has 0 aromatic carbocycles. The lowest BCUT2D eigenvalue weighted by molar-refractivity contribution is -0.165. The van der Waals surface area contributed by atoms with E-state index < -0.39 is 5.60 Å². The molecule has 2 heteroatoms. The van der Waals surface area contributed by atoms with Crippen LogP contribution < -0.4 is 0 Å². The van der Waals surface area contributed by atoms with E-state index in [0.29, 0.717) is 0 Å². The first kappa shape index (κ1) is 11.3.